The molecule has 18 nitrogen and oxygen atoms in total. The summed E-state index contributed by atoms with van der Waals surface area (Å²) in [6, 6.07) is 43.8. The maximum Gasteiger partial charge on any atom is 0.488 e. The molecule has 0 aliphatic heterocycles. The number of nitrogens with zero attached hydrogens (tertiary/aromatic N) is 9. The van der Waals surface area contributed by atoms with Crippen LogP contribution in [0.5, 0.6) is 0 Å². The Labute approximate surface area is 314 Å². The van der Waals surface area contributed by atoms with Crippen molar-refractivity contribution in [1.29, 1.82) is 0 Å². The number of aromatic amines is 1. The van der Waals surface area contributed by atoms with Gasteiger partial charge < -0.3 is 41.7 Å². The van der Waals surface area contributed by atoms with Gasteiger partial charge in [-0.25, -0.2) is 9.36 Å². The lowest BCUT2D eigenvalue weighted by molar-refractivity contribution is -0.389. The van der Waals surface area contributed by atoms with E-state index in [4.69, 9.17) is 21.5 Å². The third kappa shape index (κ3) is 13.3. The standard InChI is InChI=1S/C9H7N3O2.2C9H9N3.C6H7BO2.C3H3N3O2/c13-12(14)9-6-7-11(10-9)8-4-2-1-3-5-8;2*10-9-6-7-12(11-9)8-4-2-1-3-5-8;8-7(9)6-4-2-1-3-5-6;7-6(8)3-1-2-4-5-3/h1-7H;2*1-7H,(H2,10,11);1-5,8-9H;1-2H,(H,4,5). The largest absolute Gasteiger partial charge is 0.488 e. The first kappa shape index (κ1) is 39.9. The molecule has 0 amide bonds. The van der Waals surface area contributed by atoms with Gasteiger partial charge in [0.15, 0.2) is 0 Å². The Morgan fingerprint density at radius 2 is 0.945 bits per heavy atom. The molecule has 7 N–H and O–H groups in total. The second-order valence-electron chi connectivity index (χ2n) is 10.7. The summed E-state index contributed by atoms with van der Waals surface area (Å²) in [5, 5.41) is 54.8. The summed E-state index contributed by atoms with van der Waals surface area (Å²) >= 11 is 0. The molecule has 278 valence electrons. The highest BCUT2D eigenvalue weighted by Crippen LogP contribution is 2.11. The fourth-order valence-corrected chi connectivity index (χ4v) is 4.24. The molecule has 0 unspecified atom stereocenters. The first-order chi connectivity index (χ1) is 26.6. The first-order valence-corrected chi connectivity index (χ1v) is 16.1. The second kappa shape index (κ2) is 20.8. The van der Waals surface area contributed by atoms with Crippen molar-refractivity contribution in [2.75, 3.05) is 11.5 Å². The fourth-order valence-electron chi connectivity index (χ4n) is 4.24. The molecule has 19 heteroatoms. The summed E-state index contributed by atoms with van der Waals surface area (Å²) in [7, 11) is -1.34. The molecule has 0 aliphatic carbocycles. The highest BCUT2D eigenvalue weighted by atomic mass is 16.6. The number of nitrogen functional groups attached to an aromatic ring is 2. The minimum atomic E-state index is -1.34. The van der Waals surface area contributed by atoms with E-state index in [1.807, 2.05) is 109 Å². The van der Waals surface area contributed by atoms with Crippen LogP contribution < -0.4 is 16.9 Å². The zero-order valence-corrected chi connectivity index (χ0v) is 29.0. The summed E-state index contributed by atoms with van der Waals surface area (Å²) < 4.78 is 4.96. The van der Waals surface area contributed by atoms with Crippen molar-refractivity contribution >= 4 is 35.9 Å². The lowest BCUT2D eigenvalue weighted by Gasteiger charge is -1.98. The fraction of sp³-hybridized carbons (Fsp3) is 0. The Morgan fingerprint density at radius 3 is 1.22 bits per heavy atom. The number of nitro groups is 2. The maximum atomic E-state index is 10.4. The molecule has 8 aromatic rings. The molecular weight excluding hydrogens is 707 g/mol. The van der Waals surface area contributed by atoms with Gasteiger partial charge >= 0.3 is 18.8 Å². The van der Waals surface area contributed by atoms with E-state index in [2.05, 4.69) is 25.5 Å². The normalized spacial score (nSPS) is 9.71. The van der Waals surface area contributed by atoms with Crippen LogP contribution >= 0.6 is 0 Å². The van der Waals surface area contributed by atoms with Crippen LogP contribution in [0.2, 0.25) is 0 Å². The van der Waals surface area contributed by atoms with Gasteiger partial charge in [0.25, 0.3) is 0 Å². The quantitative estimate of drug-likeness (QED) is 0.0904. The monoisotopic (exact) mass is 742 g/mol. The van der Waals surface area contributed by atoms with Crippen LogP contribution in [0, 0.1) is 20.2 Å². The van der Waals surface area contributed by atoms with Crippen molar-refractivity contribution in [3.8, 4) is 17.1 Å². The number of anilines is 2. The van der Waals surface area contributed by atoms with E-state index in [-0.39, 0.29) is 11.6 Å². The van der Waals surface area contributed by atoms with Gasteiger partial charge in [-0.1, -0.05) is 90.0 Å². The molecule has 0 atom stereocenters. The van der Waals surface area contributed by atoms with E-state index in [0.29, 0.717) is 17.1 Å². The number of hydrogen-bond acceptors (Lipinski definition) is 12. The average Bonchev–Trinajstić information content (AvgIpc) is 4.06. The Morgan fingerprint density at radius 1 is 0.545 bits per heavy atom. The van der Waals surface area contributed by atoms with Gasteiger partial charge in [0, 0.05) is 24.5 Å². The lowest BCUT2D eigenvalue weighted by atomic mass is 9.81. The van der Waals surface area contributed by atoms with E-state index in [9.17, 15) is 20.2 Å². The first-order valence-electron chi connectivity index (χ1n) is 16.1. The highest BCUT2D eigenvalue weighted by molar-refractivity contribution is 6.58. The Bertz CT molecular complexity index is 2210. The molecule has 0 spiro atoms. The van der Waals surface area contributed by atoms with Crippen molar-refractivity contribution in [1.82, 2.24) is 39.5 Å². The Hall–Kier alpha value is -7.90. The lowest BCUT2D eigenvalue weighted by Crippen LogP contribution is -2.29. The van der Waals surface area contributed by atoms with Gasteiger partial charge in [0.1, 0.15) is 11.6 Å². The predicted octanol–water partition coefficient (Wildman–Crippen LogP) is 4.37. The molecule has 0 bridgehead atoms. The van der Waals surface area contributed by atoms with Gasteiger partial charge in [0.05, 0.1) is 46.7 Å². The number of aromatic nitrogens is 8. The van der Waals surface area contributed by atoms with Gasteiger partial charge in [-0.3, -0.25) is 0 Å². The topological polar surface area (TPSA) is 261 Å². The van der Waals surface area contributed by atoms with Crippen LogP contribution in [0.4, 0.5) is 23.3 Å². The number of nitrogens with one attached hydrogen (secondary N) is 1. The number of H-pyrrole nitrogens is 1. The van der Waals surface area contributed by atoms with Crippen LogP contribution in [0.1, 0.15) is 0 Å². The molecule has 0 fully saturated rings. The SMILES string of the molecule is Nc1ccn(-c2ccccc2)n1.Nc1ccn(-c2ccccc2)n1.O=[N+]([O-])c1ccn(-c2ccccc2)n1.O=[N+]([O-])c1ccn[nH]1.OB(O)c1ccccc1. The molecular formula is C36H35BN12O6. The van der Waals surface area contributed by atoms with E-state index in [1.54, 1.807) is 52.0 Å². The van der Waals surface area contributed by atoms with Crippen molar-refractivity contribution < 1.29 is 19.9 Å². The van der Waals surface area contributed by atoms with E-state index in [1.165, 1.54) is 23.0 Å². The zero-order valence-electron chi connectivity index (χ0n) is 29.0. The third-order valence-corrected chi connectivity index (χ3v) is 6.82. The molecule has 4 aromatic carbocycles. The summed E-state index contributed by atoms with van der Waals surface area (Å²) in [5.74, 6) is 0.858. The van der Waals surface area contributed by atoms with Gasteiger partial charge in [0.2, 0.25) is 0 Å². The predicted molar refractivity (Wildman–Crippen MR) is 208 cm³/mol. The molecule has 0 saturated heterocycles. The number of rotatable bonds is 6. The van der Waals surface area contributed by atoms with Crippen LogP contribution in [-0.2, 0) is 0 Å². The Kier molecular flexibility index (Phi) is 15.1. The molecule has 0 aliphatic rings. The van der Waals surface area contributed by atoms with Crippen molar-refractivity contribution in [2.24, 2.45) is 0 Å². The molecule has 0 radical (unpaired) electrons. The van der Waals surface area contributed by atoms with E-state index in [0.717, 1.165) is 17.1 Å². The second-order valence-corrected chi connectivity index (χ2v) is 10.7. The van der Waals surface area contributed by atoms with Crippen molar-refractivity contribution in [3.63, 3.8) is 0 Å². The van der Waals surface area contributed by atoms with E-state index < -0.39 is 17.0 Å². The molecule has 8 rings (SSSR count). The summed E-state index contributed by atoms with van der Waals surface area (Å²) in [6.07, 6.45) is 6.57. The van der Waals surface area contributed by atoms with Crippen molar-refractivity contribution in [3.05, 3.63) is 191 Å². The minimum Gasteiger partial charge on any atom is -0.423 e. The highest BCUT2D eigenvalue weighted by Gasteiger charge is 2.11. The van der Waals surface area contributed by atoms with Crippen LogP contribution in [-0.4, -0.2) is 66.6 Å². The molecule has 4 heterocycles. The van der Waals surface area contributed by atoms with Gasteiger partial charge in [-0.05, 0) is 51.7 Å². The maximum absolute atomic E-state index is 10.4. The minimum absolute atomic E-state index is 0.0787. The molecule has 4 aromatic heterocycles. The van der Waals surface area contributed by atoms with Gasteiger partial charge in [-0.2, -0.15) is 10.2 Å². The van der Waals surface area contributed by atoms with Crippen LogP contribution in [0.25, 0.3) is 17.1 Å². The van der Waals surface area contributed by atoms with Crippen molar-refractivity contribution in [2.45, 2.75) is 0 Å². The number of benzene rings is 4. The number of hydrogen-bond donors (Lipinski definition) is 5. The third-order valence-electron chi connectivity index (χ3n) is 6.82. The van der Waals surface area contributed by atoms with Gasteiger partial charge in [-0.15, -0.1) is 9.78 Å². The smallest absolute Gasteiger partial charge is 0.423 e. The number of para-hydroxylation sites is 3. The van der Waals surface area contributed by atoms with Crippen LogP contribution in [0.3, 0.4) is 0 Å². The van der Waals surface area contributed by atoms with Crippen LogP contribution in [0.15, 0.2) is 170 Å². The summed E-state index contributed by atoms with van der Waals surface area (Å²) in [6.45, 7) is 0. The molecule has 55 heavy (non-hydrogen) atoms. The number of nitrogens with two attached hydrogens (primary N) is 2. The zero-order chi connectivity index (χ0) is 39.4. The van der Waals surface area contributed by atoms with E-state index >= 15 is 0 Å². The summed E-state index contributed by atoms with van der Waals surface area (Å²) in [4.78, 5) is 19.1. The average molecular weight is 743 g/mol. The molecule has 0 saturated carbocycles. The summed E-state index contributed by atoms with van der Waals surface area (Å²) in [5.41, 5.74) is 14.3. The Balaban J connectivity index is 0.000000155.